The van der Waals surface area contributed by atoms with E-state index in [0.29, 0.717) is 18.1 Å². The Hall–Kier alpha value is -2.41. The van der Waals surface area contributed by atoms with E-state index in [9.17, 15) is 4.53 Å². The summed E-state index contributed by atoms with van der Waals surface area (Å²) in [6.45, 7) is 3.16. The zero-order chi connectivity index (χ0) is 16.0. The molecule has 120 valence electrons. The second-order valence-corrected chi connectivity index (χ2v) is 6.05. The van der Waals surface area contributed by atoms with Crippen LogP contribution in [-0.2, 0) is 4.94 Å². The van der Waals surface area contributed by atoms with E-state index >= 15 is 0 Å². The van der Waals surface area contributed by atoms with E-state index in [4.69, 9.17) is 5.73 Å². The minimum Gasteiger partial charge on any atom is -0.399 e. The molecule has 0 bridgehead atoms. The Labute approximate surface area is 132 Å². The summed E-state index contributed by atoms with van der Waals surface area (Å²) in [6.07, 6.45) is 1.18. The summed E-state index contributed by atoms with van der Waals surface area (Å²) in [7, 11) is 0. The fraction of sp³-hybridized carbons (Fsp3) is 0.375. The molecule has 6 nitrogen and oxygen atoms in total. The molecule has 1 aliphatic rings. The monoisotopic (exact) mass is 315 g/mol. The average Bonchev–Trinajstić information content (AvgIpc) is 2.91. The third-order valence-electron chi connectivity index (χ3n) is 4.37. The van der Waals surface area contributed by atoms with Crippen molar-refractivity contribution >= 4 is 33.4 Å². The summed E-state index contributed by atoms with van der Waals surface area (Å²) in [4.78, 5) is 18.6. The van der Waals surface area contributed by atoms with E-state index < -0.39 is 6.10 Å². The fourth-order valence-electron chi connectivity index (χ4n) is 3.33. The molecule has 1 unspecified atom stereocenters. The minimum absolute atomic E-state index is 0.413. The van der Waals surface area contributed by atoms with Gasteiger partial charge in [0.25, 0.3) is 0 Å². The second-order valence-electron chi connectivity index (χ2n) is 6.05. The first-order chi connectivity index (χ1) is 11.2. The highest BCUT2D eigenvalue weighted by molar-refractivity contribution is 6.12. The third-order valence-corrected chi connectivity index (χ3v) is 4.37. The van der Waals surface area contributed by atoms with Crippen LogP contribution in [0.1, 0.15) is 18.7 Å². The minimum atomic E-state index is -0.413. The number of nitrogens with one attached hydrogen (secondary N) is 1. The summed E-state index contributed by atoms with van der Waals surface area (Å²) in [5, 5.41) is 1.91. The Balaban J connectivity index is 1.93. The van der Waals surface area contributed by atoms with E-state index in [0.717, 1.165) is 47.1 Å². The number of rotatable bonds is 2. The number of nitrogens with two attached hydrogens (primary N) is 1. The second kappa shape index (κ2) is 5.34. The van der Waals surface area contributed by atoms with E-state index in [-0.39, 0.29) is 0 Å². The van der Waals surface area contributed by atoms with Crippen molar-refractivity contribution in [1.82, 2.24) is 15.0 Å². The zero-order valence-corrected chi connectivity index (χ0v) is 12.8. The van der Waals surface area contributed by atoms with Crippen LogP contribution >= 0.6 is 0 Å². The number of halogens is 1. The fourth-order valence-corrected chi connectivity index (χ4v) is 3.33. The number of hydrogen-bond donors (Lipinski definition) is 2. The Morgan fingerprint density at radius 2 is 2.26 bits per heavy atom. The van der Waals surface area contributed by atoms with Gasteiger partial charge in [0.2, 0.25) is 0 Å². The standard InChI is InChI=1S/C16H18FN5O/c1-9-19-15-14(12-7-10(18)4-5-13(12)21-15)16(20-9)22-6-2-3-11(8-22)23-17/h4-5,7,11H,2-3,6,8,18H2,1H3,(H,19,20,21). The van der Waals surface area contributed by atoms with E-state index in [1.807, 2.05) is 25.1 Å². The molecule has 0 spiro atoms. The van der Waals surface area contributed by atoms with Gasteiger partial charge in [0, 0.05) is 29.7 Å². The average molecular weight is 315 g/mol. The van der Waals surface area contributed by atoms with Gasteiger partial charge >= 0.3 is 0 Å². The van der Waals surface area contributed by atoms with Crippen LogP contribution in [0, 0.1) is 6.92 Å². The molecule has 0 amide bonds. The maximum atomic E-state index is 12.6. The van der Waals surface area contributed by atoms with Crippen molar-refractivity contribution in [2.45, 2.75) is 25.9 Å². The maximum Gasteiger partial charge on any atom is 0.144 e. The van der Waals surface area contributed by atoms with Gasteiger partial charge in [-0.1, -0.05) is 0 Å². The van der Waals surface area contributed by atoms with Crippen LogP contribution in [0.3, 0.4) is 0 Å². The molecule has 3 heterocycles. The number of piperidine rings is 1. The molecule has 7 heteroatoms. The first-order valence-corrected chi connectivity index (χ1v) is 7.73. The van der Waals surface area contributed by atoms with Crippen LogP contribution in [-0.4, -0.2) is 34.1 Å². The largest absolute Gasteiger partial charge is 0.399 e. The maximum absolute atomic E-state index is 12.6. The summed E-state index contributed by atoms with van der Waals surface area (Å²) >= 11 is 0. The molecule has 1 atom stereocenters. The highest BCUT2D eigenvalue weighted by Gasteiger charge is 2.25. The number of aryl methyl sites for hydroxylation is 1. The topological polar surface area (TPSA) is 80.1 Å². The smallest absolute Gasteiger partial charge is 0.144 e. The molecule has 3 N–H and O–H groups in total. The molecular weight excluding hydrogens is 297 g/mol. The molecule has 0 aliphatic carbocycles. The van der Waals surface area contributed by atoms with Crippen LogP contribution in [0.25, 0.3) is 21.9 Å². The number of nitrogen functional groups attached to an aromatic ring is 1. The normalized spacial score (nSPS) is 18.9. The van der Waals surface area contributed by atoms with Crippen molar-refractivity contribution < 1.29 is 9.47 Å². The van der Waals surface area contributed by atoms with Gasteiger partial charge in [-0.3, -0.25) is 0 Å². The van der Waals surface area contributed by atoms with Gasteiger partial charge in [-0.15, -0.1) is 0 Å². The molecular formula is C16H18FN5O. The lowest BCUT2D eigenvalue weighted by atomic mass is 10.1. The Bertz CT molecular complexity index is 878. The molecule has 23 heavy (non-hydrogen) atoms. The predicted octanol–water partition coefficient (Wildman–Crippen LogP) is 2.87. The highest BCUT2D eigenvalue weighted by atomic mass is 19.3. The molecule has 2 aromatic heterocycles. The Kier molecular flexibility index (Phi) is 3.30. The predicted molar refractivity (Wildman–Crippen MR) is 88.0 cm³/mol. The van der Waals surface area contributed by atoms with Crippen LogP contribution in [0.5, 0.6) is 0 Å². The number of fused-ring (bicyclic) bond motifs is 3. The molecule has 1 fully saturated rings. The summed E-state index contributed by atoms with van der Waals surface area (Å²) < 4.78 is 12.6. The van der Waals surface area contributed by atoms with E-state index in [1.165, 1.54) is 0 Å². The van der Waals surface area contributed by atoms with Crippen molar-refractivity contribution in [3.05, 3.63) is 24.0 Å². The van der Waals surface area contributed by atoms with Gasteiger partial charge in [-0.05, 0) is 42.5 Å². The quantitative estimate of drug-likeness (QED) is 0.711. The van der Waals surface area contributed by atoms with Gasteiger partial charge in [-0.25, -0.2) is 9.97 Å². The highest BCUT2D eigenvalue weighted by Crippen LogP contribution is 2.34. The molecule has 0 radical (unpaired) electrons. The van der Waals surface area contributed by atoms with E-state index in [2.05, 4.69) is 24.8 Å². The Morgan fingerprint density at radius 3 is 3.09 bits per heavy atom. The van der Waals surface area contributed by atoms with Gasteiger partial charge < -0.3 is 15.6 Å². The van der Waals surface area contributed by atoms with Crippen molar-refractivity contribution in [3.63, 3.8) is 0 Å². The lowest BCUT2D eigenvalue weighted by Crippen LogP contribution is -2.39. The number of hydrogen-bond acceptors (Lipinski definition) is 5. The van der Waals surface area contributed by atoms with Crippen molar-refractivity contribution in [2.24, 2.45) is 0 Å². The summed E-state index contributed by atoms with van der Waals surface area (Å²) in [5.74, 6) is 1.49. The molecule has 3 aromatic rings. The molecule has 4 rings (SSSR count). The number of benzene rings is 1. The lowest BCUT2D eigenvalue weighted by molar-refractivity contribution is -0.180. The first kappa shape index (κ1) is 14.2. The number of H-pyrrole nitrogens is 1. The zero-order valence-electron chi connectivity index (χ0n) is 12.8. The van der Waals surface area contributed by atoms with Crippen molar-refractivity contribution in [3.8, 4) is 0 Å². The van der Waals surface area contributed by atoms with Crippen molar-refractivity contribution in [2.75, 3.05) is 23.7 Å². The number of aromatic nitrogens is 3. The van der Waals surface area contributed by atoms with Gasteiger partial charge in [0.1, 0.15) is 23.4 Å². The molecule has 1 aliphatic heterocycles. The van der Waals surface area contributed by atoms with Crippen molar-refractivity contribution in [1.29, 1.82) is 0 Å². The van der Waals surface area contributed by atoms with Gasteiger partial charge in [-0.2, -0.15) is 4.94 Å². The van der Waals surface area contributed by atoms with Gasteiger partial charge in [0.05, 0.1) is 5.39 Å². The first-order valence-electron chi connectivity index (χ1n) is 7.73. The SMILES string of the molecule is Cc1nc(N2CCCC(OF)C2)c2c(n1)[nH]c1ccc(N)cc12. The molecule has 1 saturated heterocycles. The molecule has 1 aromatic carbocycles. The summed E-state index contributed by atoms with van der Waals surface area (Å²) in [5.41, 5.74) is 8.36. The van der Waals surface area contributed by atoms with Crippen LogP contribution in [0.4, 0.5) is 16.0 Å². The third kappa shape index (κ3) is 2.37. The van der Waals surface area contributed by atoms with Gasteiger partial charge in [0.15, 0.2) is 0 Å². The lowest BCUT2D eigenvalue weighted by Gasteiger charge is -2.31. The Morgan fingerprint density at radius 1 is 1.39 bits per heavy atom. The van der Waals surface area contributed by atoms with Crippen LogP contribution in [0.2, 0.25) is 0 Å². The number of nitrogens with zero attached hydrogens (tertiary/aromatic N) is 3. The van der Waals surface area contributed by atoms with Crippen LogP contribution in [0.15, 0.2) is 18.2 Å². The number of anilines is 2. The van der Waals surface area contributed by atoms with E-state index in [1.54, 1.807) is 0 Å². The summed E-state index contributed by atoms with van der Waals surface area (Å²) in [6, 6.07) is 5.71. The number of aromatic amines is 1. The molecule has 0 saturated carbocycles. The van der Waals surface area contributed by atoms with Crippen LogP contribution < -0.4 is 10.6 Å².